The highest BCUT2D eigenvalue weighted by Gasteiger charge is 2.34. The lowest BCUT2D eigenvalue weighted by molar-refractivity contribution is 0.0600. The number of carbonyl (C=O) groups excluding carboxylic acids is 1. The summed E-state index contributed by atoms with van der Waals surface area (Å²) in [6, 6.07) is 19.1. The topological polar surface area (TPSA) is 157 Å². The summed E-state index contributed by atoms with van der Waals surface area (Å²) in [5.41, 5.74) is -0.0590. The van der Waals surface area contributed by atoms with Crippen molar-refractivity contribution in [3.63, 3.8) is 0 Å². The summed E-state index contributed by atoms with van der Waals surface area (Å²) in [5, 5.41) is 0.463. The van der Waals surface area contributed by atoms with Crippen LogP contribution in [0.1, 0.15) is 33.0 Å². The second-order valence-electron chi connectivity index (χ2n) is 8.04. The Kier molecular flexibility index (Phi) is 6.18. The van der Waals surface area contributed by atoms with E-state index in [4.69, 9.17) is 35.0 Å². The van der Waals surface area contributed by atoms with Crippen LogP contribution in [0, 0.1) is 0 Å². The lowest BCUT2D eigenvalue weighted by Gasteiger charge is -2.20. The van der Waals surface area contributed by atoms with Gasteiger partial charge >= 0.3 is 17.9 Å². The van der Waals surface area contributed by atoms with Crippen LogP contribution in [0.4, 0.5) is 0 Å². The fraction of sp³-hybridized carbons (Fsp3) is 0.0741. The molecule has 0 radical (unpaired) electrons. The molecule has 0 atom stereocenters. The van der Waals surface area contributed by atoms with Crippen molar-refractivity contribution in [2.45, 2.75) is 5.92 Å². The summed E-state index contributed by atoms with van der Waals surface area (Å²) in [6.45, 7) is 0. The van der Waals surface area contributed by atoms with Crippen molar-refractivity contribution >= 4 is 27.9 Å². The van der Waals surface area contributed by atoms with E-state index in [1.807, 2.05) is 0 Å². The van der Waals surface area contributed by atoms with Crippen LogP contribution in [-0.4, -0.2) is 13.1 Å². The van der Waals surface area contributed by atoms with E-state index in [1.165, 1.54) is 19.2 Å². The van der Waals surface area contributed by atoms with Gasteiger partial charge in [0.05, 0.1) is 40.5 Å². The van der Waals surface area contributed by atoms with Gasteiger partial charge in [0, 0.05) is 0 Å². The van der Waals surface area contributed by atoms with E-state index in [9.17, 15) is 14.4 Å². The van der Waals surface area contributed by atoms with Gasteiger partial charge in [0.1, 0.15) is 11.2 Å². The minimum Gasteiger partial charge on any atom is -0.465 e. The third-order valence-electron chi connectivity index (χ3n) is 6.05. The van der Waals surface area contributed by atoms with Gasteiger partial charge in [0.25, 0.3) is 0 Å². The van der Waals surface area contributed by atoms with Crippen LogP contribution in [0.3, 0.4) is 0 Å². The lowest BCUT2D eigenvalue weighted by atomic mass is 9.84. The zero-order valence-electron chi connectivity index (χ0n) is 19.4. The normalized spacial score (nSPS) is 11.1. The maximum absolute atomic E-state index is 13.8. The first-order chi connectivity index (χ1) is 18.0. The quantitative estimate of drug-likeness (QED) is 0.262. The molecule has 0 aliphatic rings. The Labute approximate surface area is 208 Å². The van der Waals surface area contributed by atoms with Gasteiger partial charge in [-0.1, -0.05) is 36.4 Å². The zero-order valence-corrected chi connectivity index (χ0v) is 19.4. The van der Waals surface area contributed by atoms with Crippen LogP contribution >= 0.6 is 0 Å². The Bertz CT molecular complexity index is 1650. The Morgan fingerprint density at radius 1 is 0.730 bits per heavy atom. The molecule has 2 aromatic heterocycles. The third-order valence-corrected chi connectivity index (χ3v) is 6.05. The fourth-order valence-corrected chi connectivity index (χ4v) is 4.35. The minimum atomic E-state index is -1.18. The van der Waals surface area contributed by atoms with Gasteiger partial charge in [0.2, 0.25) is 10.9 Å². The summed E-state index contributed by atoms with van der Waals surface area (Å²) >= 11 is 0. The Hall–Kier alpha value is -4.93. The van der Waals surface area contributed by atoms with Crippen molar-refractivity contribution in [1.82, 2.24) is 0 Å². The van der Waals surface area contributed by atoms with E-state index in [1.54, 1.807) is 60.7 Å². The summed E-state index contributed by atoms with van der Waals surface area (Å²) in [5.74, 6) is 8.70. The van der Waals surface area contributed by atoms with Crippen molar-refractivity contribution in [1.29, 1.82) is 0 Å². The van der Waals surface area contributed by atoms with E-state index in [0.717, 1.165) is 0 Å². The summed E-state index contributed by atoms with van der Waals surface area (Å²) in [4.78, 5) is 49.6. The average Bonchev–Trinajstić information content (AvgIpc) is 2.94. The number of esters is 1. The van der Waals surface area contributed by atoms with Crippen molar-refractivity contribution in [3.8, 4) is 11.9 Å². The number of nitrogens with two attached hydrogens (primary N) is 2. The molecule has 2 heterocycles. The molecule has 186 valence electrons. The summed E-state index contributed by atoms with van der Waals surface area (Å²) < 4.78 is 16.4. The molecule has 5 rings (SSSR count). The van der Waals surface area contributed by atoms with Crippen LogP contribution < -0.4 is 32.3 Å². The third kappa shape index (κ3) is 3.99. The van der Waals surface area contributed by atoms with Crippen LogP contribution in [0.15, 0.2) is 91.2 Å². The molecule has 0 saturated heterocycles. The molecule has 10 heteroatoms. The number of carbonyl (C=O) groups is 1. The molecule has 0 spiro atoms. The Morgan fingerprint density at radius 2 is 1.19 bits per heavy atom. The number of rotatable bonds is 6. The molecular weight excluding hydrogens is 480 g/mol. The molecule has 0 amide bonds. The number of benzene rings is 3. The number of methoxy groups -OCH3 is 1. The van der Waals surface area contributed by atoms with Gasteiger partial charge in [-0.2, -0.15) is 11.8 Å². The van der Waals surface area contributed by atoms with Crippen molar-refractivity contribution < 1.29 is 28.0 Å². The number of hydrogen-bond acceptors (Lipinski definition) is 10. The molecule has 0 unspecified atom stereocenters. The van der Waals surface area contributed by atoms with Crippen molar-refractivity contribution in [2.75, 3.05) is 7.11 Å². The molecule has 3 aromatic carbocycles. The molecule has 0 bridgehead atoms. The number of fused-ring (bicyclic) bond motifs is 2. The first-order valence-corrected chi connectivity index (χ1v) is 11.0. The minimum absolute atomic E-state index is 0.0899. The van der Waals surface area contributed by atoms with Crippen LogP contribution in [0.25, 0.3) is 21.9 Å². The predicted octanol–water partition coefficient (Wildman–Crippen LogP) is 3.37. The van der Waals surface area contributed by atoms with E-state index in [0.29, 0.717) is 5.56 Å². The van der Waals surface area contributed by atoms with E-state index in [2.05, 4.69) is 0 Å². The molecule has 5 aromatic rings. The second-order valence-corrected chi connectivity index (χ2v) is 8.04. The summed E-state index contributed by atoms with van der Waals surface area (Å²) in [7, 11) is 1.26. The van der Waals surface area contributed by atoms with Gasteiger partial charge in [0.15, 0.2) is 0 Å². The molecule has 0 fully saturated rings. The number of para-hydroxylation sites is 2. The van der Waals surface area contributed by atoms with Crippen molar-refractivity contribution in [3.05, 3.63) is 115 Å². The maximum atomic E-state index is 13.8. The SMILES string of the molecule is COC(=O)c1ccc(C(c2c(ON)oc3ccccc3c2=O)c2c(ON)oc3ccccc3c2=O)cc1. The molecule has 10 nitrogen and oxygen atoms in total. The molecule has 37 heavy (non-hydrogen) atoms. The van der Waals surface area contributed by atoms with Crippen LogP contribution in [0.5, 0.6) is 11.9 Å². The largest absolute Gasteiger partial charge is 0.465 e. The number of ether oxygens (including phenoxy) is 1. The maximum Gasteiger partial charge on any atom is 0.337 e. The Balaban J connectivity index is 1.89. The smallest absolute Gasteiger partial charge is 0.337 e. The van der Waals surface area contributed by atoms with Crippen molar-refractivity contribution in [2.24, 2.45) is 11.8 Å². The Morgan fingerprint density at radius 3 is 1.62 bits per heavy atom. The van der Waals surface area contributed by atoms with Gasteiger partial charge < -0.3 is 23.2 Å². The van der Waals surface area contributed by atoms with E-state index >= 15 is 0 Å². The monoisotopic (exact) mass is 500 g/mol. The van der Waals surface area contributed by atoms with Crippen LogP contribution in [-0.2, 0) is 4.74 Å². The first kappa shape index (κ1) is 23.8. The molecule has 0 aliphatic carbocycles. The molecule has 0 saturated carbocycles. The highest BCUT2D eigenvalue weighted by Crippen LogP contribution is 2.40. The van der Waals surface area contributed by atoms with E-state index < -0.39 is 22.7 Å². The fourth-order valence-electron chi connectivity index (χ4n) is 4.35. The van der Waals surface area contributed by atoms with E-state index in [-0.39, 0.29) is 50.5 Å². The molecule has 4 N–H and O–H groups in total. The number of hydrogen-bond donors (Lipinski definition) is 2. The van der Waals surface area contributed by atoms with Gasteiger partial charge in [-0.3, -0.25) is 9.59 Å². The highest BCUT2D eigenvalue weighted by atomic mass is 16.7. The standard InChI is InChI=1S/C27H20N2O8/c1-33-25(32)15-12-10-14(11-13-15)20(21-23(30)16-6-2-4-8-18(16)34-26(21)36-28)22-24(31)17-7-3-5-9-19(17)35-27(22)37-29/h2-13,20H,28-29H2,1H3. The van der Waals surface area contributed by atoms with Gasteiger partial charge in [-0.25, -0.2) is 4.79 Å². The molecular formula is C27H20N2O8. The highest BCUT2D eigenvalue weighted by molar-refractivity contribution is 5.89. The van der Waals surface area contributed by atoms with Gasteiger partial charge in [-0.15, -0.1) is 0 Å². The lowest BCUT2D eigenvalue weighted by Crippen LogP contribution is -2.25. The summed E-state index contributed by atoms with van der Waals surface area (Å²) in [6.07, 6.45) is 0. The van der Waals surface area contributed by atoms with Gasteiger partial charge in [-0.05, 0) is 42.0 Å². The van der Waals surface area contributed by atoms with Crippen LogP contribution in [0.2, 0.25) is 0 Å². The molecule has 0 aliphatic heterocycles. The first-order valence-electron chi connectivity index (χ1n) is 11.0. The second kappa shape index (κ2) is 9.61. The predicted molar refractivity (Wildman–Crippen MR) is 133 cm³/mol. The zero-order chi connectivity index (χ0) is 26.1. The average molecular weight is 500 g/mol.